The molecule has 0 fully saturated rings. The average Bonchev–Trinajstić information content (AvgIpc) is 2.43. The monoisotopic (exact) mass is 263 g/mol. The quantitative estimate of drug-likeness (QED) is 0.626. The Hall–Kier alpha value is -2.13. The summed E-state index contributed by atoms with van der Waals surface area (Å²) >= 11 is 0. The number of nitriles is 1. The lowest BCUT2D eigenvalue weighted by Gasteiger charge is -2.26. The number of non-ortho nitro benzene ring substituents is 1. The molecule has 6 heteroatoms. The predicted octanol–water partition coefficient (Wildman–Crippen LogP) is 2.07. The topological polar surface area (TPSA) is 90.4 Å². The molecule has 1 aromatic rings. The number of aliphatic hydroxyl groups excluding tert-OH is 1. The Kier molecular flexibility index (Phi) is 5.27. The van der Waals surface area contributed by atoms with Crippen molar-refractivity contribution in [2.24, 2.45) is 5.92 Å². The predicted molar refractivity (Wildman–Crippen MR) is 71.7 cm³/mol. The zero-order chi connectivity index (χ0) is 14.4. The van der Waals surface area contributed by atoms with Crippen LogP contribution < -0.4 is 4.90 Å². The highest BCUT2D eigenvalue weighted by molar-refractivity contribution is 5.57. The van der Waals surface area contributed by atoms with E-state index in [0.29, 0.717) is 18.7 Å². The van der Waals surface area contributed by atoms with Gasteiger partial charge < -0.3 is 10.0 Å². The molecule has 0 aromatic heterocycles. The number of aliphatic hydroxyl groups is 1. The number of benzene rings is 1. The Labute approximate surface area is 112 Å². The van der Waals surface area contributed by atoms with Crippen molar-refractivity contribution >= 4 is 11.4 Å². The lowest BCUT2D eigenvalue weighted by molar-refractivity contribution is -0.384. The van der Waals surface area contributed by atoms with Gasteiger partial charge in [-0.05, 0) is 19.9 Å². The van der Waals surface area contributed by atoms with Gasteiger partial charge >= 0.3 is 0 Å². The van der Waals surface area contributed by atoms with Crippen LogP contribution in [-0.2, 0) is 6.61 Å². The minimum absolute atomic E-state index is 0.0443. The smallest absolute Gasteiger partial charge is 0.269 e. The molecular formula is C13H17N3O3. The molecule has 1 N–H and O–H groups in total. The van der Waals surface area contributed by atoms with Crippen LogP contribution in [0.3, 0.4) is 0 Å². The zero-order valence-electron chi connectivity index (χ0n) is 11.0. The van der Waals surface area contributed by atoms with E-state index in [1.54, 1.807) is 6.07 Å². The van der Waals surface area contributed by atoms with E-state index in [4.69, 9.17) is 5.26 Å². The second-order valence-electron chi connectivity index (χ2n) is 4.30. The normalized spacial score (nSPS) is 11.7. The van der Waals surface area contributed by atoms with Gasteiger partial charge in [0.25, 0.3) is 5.69 Å². The molecule has 1 rings (SSSR count). The van der Waals surface area contributed by atoms with Gasteiger partial charge in [-0.25, -0.2) is 0 Å². The van der Waals surface area contributed by atoms with Gasteiger partial charge in [-0.15, -0.1) is 0 Å². The van der Waals surface area contributed by atoms with Crippen molar-refractivity contribution in [1.82, 2.24) is 0 Å². The number of nitro groups is 1. The van der Waals surface area contributed by atoms with Crippen LogP contribution in [0.5, 0.6) is 0 Å². The third-order valence-electron chi connectivity index (χ3n) is 2.88. The summed E-state index contributed by atoms with van der Waals surface area (Å²) in [5.74, 6) is -0.151. The van der Waals surface area contributed by atoms with Crippen molar-refractivity contribution in [2.75, 3.05) is 18.0 Å². The summed E-state index contributed by atoms with van der Waals surface area (Å²) in [7, 11) is 0. The molecule has 1 aromatic carbocycles. The minimum atomic E-state index is -0.489. The van der Waals surface area contributed by atoms with E-state index in [-0.39, 0.29) is 18.2 Å². The number of rotatable bonds is 6. The number of hydrogen-bond acceptors (Lipinski definition) is 5. The van der Waals surface area contributed by atoms with Crippen LogP contribution in [0.2, 0.25) is 0 Å². The molecule has 0 aliphatic heterocycles. The maximum atomic E-state index is 10.7. The van der Waals surface area contributed by atoms with Gasteiger partial charge in [-0.1, -0.05) is 0 Å². The summed E-state index contributed by atoms with van der Waals surface area (Å²) in [6, 6.07) is 6.56. The number of anilines is 1. The Balaban J connectivity index is 3.10. The highest BCUT2D eigenvalue weighted by Crippen LogP contribution is 2.26. The van der Waals surface area contributed by atoms with Crippen molar-refractivity contribution in [2.45, 2.75) is 20.5 Å². The molecule has 0 bridgehead atoms. The van der Waals surface area contributed by atoms with Crippen molar-refractivity contribution < 1.29 is 10.0 Å². The fraction of sp³-hybridized carbons (Fsp3) is 0.462. The third-order valence-corrected chi connectivity index (χ3v) is 2.88. The molecule has 0 saturated carbocycles. The molecule has 6 nitrogen and oxygen atoms in total. The van der Waals surface area contributed by atoms with Crippen molar-refractivity contribution in [3.8, 4) is 6.07 Å². The van der Waals surface area contributed by atoms with Gasteiger partial charge in [0.15, 0.2) is 0 Å². The van der Waals surface area contributed by atoms with Crippen LogP contribution in [-0.4, -0.2) is 23.1 Å². The van der Waals surface area contributed by atoms with Crippen molar-refractivity contribution in [1.29, 1.82) is 5.26 Å². The summed E-state index contributed by atoms with van der Waals surface area (Å²) in [5.41, 5.74) is 1.19. The van der Waals surface area contributed by atoms with E-state index in [2.05, 4.69) is 6.07 Å². The van der Waals surface area contributed by atoms with Crippen LogP contribution in [0.1, 0.15) is 19.4 Å². The first-order valence-corrected chi connectivity index (χ1v) is 6.06. The van der Waals surface area contributed by atoms with E-state index in [1.807, 2.05) is 18.7 Å². The van der Waals surface area contributed by atoms with Gasteiger partial charge in [0.2, 0.25) is 0 Å². The maximum Gasteiger partial charge on any atom is 0.269 e. The van der Waals surface area contributed by atoms with Crippen LogP contribution in [0.25, 0.3) is 0 Å². The first-order chi connectivity index (χ1) is 9.03. The molecule has 0 saturated heterocycles. The number of hydrogen-bond donors (Lipinski definition) is 1. The standard InChI is InChI=1S/C13H17N3O3/c1-3-15(8-10(2)7-14)13-5-4-12(16(18)19)6-11(13)9-17/h4-6,10,17H,3,8-9H2,1-2H3. The summed E-state index contributed by atoms with van der Waals surface area (Å²) < 4.78 is 0. The summed E-state index contributed by atoms with van der Waals surface area (Å²) in [4.78, 5) is 12.2. The number of nitrogens with zero attached hydrogens (tertiary/aromatic N) is 3. The van der Waals surface area contributed by atoms with Gasteiger partial charge in [-0.2, -0.15) is 5.26 Å². The Morgan fingerprint density at radius 2 is 2.26 bits per heavy atom. The van der Waals surface area contributed by atoms with Crippen molar-refractivity contribution in [3.63, 3.8) is 0 Å². The largest absolute Gasteiger partial charge is 0.392 e. The van der Waals surface area contributed by atoms with E-state index in [1.165, 1.54) is 12.1 Å². The first kappa shape index (κ1) is 14.9. The second kappa shape index (κ2) is 6.71. The van der Waals surface area contributed by atoms with Gasteiger partial charge in [0.1, 0.15) is 0 Å². The summed E-state index contributed by atoms with van der Waals surface area (Å²) in [6.07, 6.45) is 0. The molecule has 0 aliphatic carbocycles. The van der Waals surface area contributed by atoms with E-state index >= 15 is 0 Å². The summed E-state index contributed by atoms with van der Waals surface area (Å²) in [6.45, 7) is 4.67. The van der Waals surface area contributed by atoms with Gasteiger partial charge in [0.05, 0.1) is 23.5 Å². The first-order valence-electron chi connectivity index (χ1n) is 6.06. The Bertz CT molecular complexity index is 496. The van der Waals surface area contributed by atoms with Crippen LogP contribution in [0, 0.1) is 27.4 Å². The SMILES string of the molecule is CCN(CC(C)C#N)c1ccc([N+](=O)[O-])cc1CO. The lowest BCUT2D eigenvalue weighted by atomic mass is 10.1. The molecule has 0 amide bonds. The number of nitro benzene ring substituents is 1. The van der Waals surface area contributed by atoms with Gasteiger partial charge in [0, 0.05) is 36.5 Å². The second-order valence-corrected chi connectivity index (χ2v) is 4.30. The highest BCUT2D eigenvalue weighted by atomic mass is 16.6. The molecule has 0 aliphatic rings. The zero-order valence-corrected chi connectivity index (χ0v) is 11.0. The van der Waals surface area contributed by atoms with Gasteiger partial charge in [-0.3, -0.25) is 10.1 Å². The minimum Gasteiger partial charge on any atom is -0.392 e. The van der Waals surface area contributed by atoms with Crippen LogP contribution in [0.4, 0.5) is 11.4 Å². The van der Waals surface area contributed by atoms with Crippen molar-refractivity contribution in [3.05, 3.63) is 33.9 Å². The van der Waals surface area contributed by atoms with Crippen LogP contribution >= 0.6 is 0 Å². The maximum absolute atomic E-state index is 10.7. The Morgan fingerprint density at radius 3 is 2.74 bits per heavy atom. The Morgan fingerprint density at radius 1 is 1.58 bits per heavy atom. The van der Waals surface area contributed by atoms with E-state index < -0.39 is 4.92 Å². The molecule has 1 atom stereocenters. The fourth-order valence-electron chi connectivity index (χ4n) is 1.89. The molecule has 102 valence electrons. The van der Waals surface area contributed by atoms with Crippen LogP contribution in [0.15, 0.2) is 18.2 Å². The highest BCUT2D eigenvalue weighted by Gasteiger charge is 2.16. The molecule has 19 heavy (non-hydrogen) atoms. The lowest BCUT2D eigenvalue weighted by Crippen LogP contribution is -2.28. The molecular weight excluding hydrogens is 246 g/mol. The molecule has 0 radical (unpaired) electrons. The molecule has 1 unspecified atom stereocenters. The fourth-order valence-corrected chi connectivity index (χ4v) is 1.89. The molecule has 0 spiro atoms. The van der Waals surface area contributed by atoms with E-state index in [9.17, 15) is 15.2 Å². The van der Waals surface area contributed by atoms with E-state index in [0.717, 1.165) is 5.69 Å². The summed E-state index contributed by atoms with van der Waals surface area (Å²) in [5, 5.41) is 28.9. The average molecular weight is 263 g/mol. The third kappa shape index (κ3) is 3.66. The molecule has 0 heterocycles.